The first-order valence-electron chi connectivity index (χ1n) is 16.4. The number of carbonyl (C=O) groups is 1. The number of halogens is 2. The van der Waals surface area contributed by atoms with E-state index in [-0.39, 0.29) is 11.5 Å². The van der Waals surface area contributed by atoms with Crippen LogP contribution in [-0.4, -0.2) is 71.9 Å². The Morgan fingerprint density at radius 3 is 2.46 bits per heavy atom. The van der Waals surface area contributed by atoms with Crippen molar-refractivity contribution in [2.75, 3.05) is 45.7 Å². The predicted molar refractivity (Wildman–Crippen MR) is 197 cm³/mol. The highest BCUT2D eigenvalue weighted by Gasteiger charge is 2.47. The zero-order chi connectivity index (χ0) is 35.6. The Morgan fingerprint density at radius 1 is 1.04 bits per heavy atom. The molecule has 50 heavy (non-hydrogen) atoms. The number of nitriles is 1. The minimum Gasteiger partial charge on any atom is -0.496 e. The topological polar surface area (TPSA) is 113 Å². The summed E-state index contributed by atoms with van der Waals surface area (Å²) in [6, 6.07) is 15.3. The largest absolute Gasteiger partial charge is 0.496 e. The quantitative estimate of drug-likeness (QED) is 0.192. The lowest BCUT2D eigenvalue weighted by molar-refractivity contribution is -0.0601. The number of amides is 1. The normalized spacial score (nSPS) is 15.9. The van der Waals surface area contributed by atoms with Gasteiger partial charge in [-0.2, -0.15) is 5.26 Å². The molecule has 2 aliphatic heterocycles. The highest BCUT2D eigenvalue weighted by Crippen LogP contribution is 2.42. The molecule has 0 radical (unpaired) electrons. The van der Waals surface area contributed by atoms with Gasteiger partial charge in [-0.3, -0.25) is 14.9 Å². The molecule has 260 valence electrons. The van der Waals surface area contributed by atoms with Crippen LogP contribution in [0.3, 0.4) is 0 Å². The molecule has 10 nitrogen and oxygen atoms in total. The van der Waals surface area contributed by atoms with E-state index in [0.717, 1.165) is 62.5 Å². The predicted octanol–water partition coefficient (Wildman–Crippen LogP) is 8.57. The third-order valence-electron chi connectivity index (χ3n) is 9.11. The standard InChI is InChI=1S/C38H40Cl2N6O4/c1-37(2,3)50-36(47)46-22-38(23-46)11-13-45(14-12-38)21-27-8-6-7-26(43-27)10-9-24-15-31-28(16-33(24)48-4)35(25(19-41)20-42-31)44-32-18-34(49-5)30(40)17-29(32)39/h6-10,15-18,20H,11-14,21-23H2,1-5H3,(H,42,44)/b10-9+. The van der Waals surface area contributed by atoms with Crippen LogP contribution in [-0.2, 0) is 11.3 Å². The summed E-state index contributed by atoms with van der Waals surface area (Å²) < 4.78 is 16.7. The lowest BCUT2D eigenvalue weighted by atomic mass is 9.72. The molecule has 0 bridgehead atoms. The summed E-state index contributed by atoms with van der Waals surface area (Å²) in [6.07, 6.45) is 7.33. The van der Waals surface area contributed by atoms with Crippen molar-refractivity contribution >= 4 is 63.7 Å². The molecule has 0 aliphatic carbocycles. The smallest absolute Gasteiger partial charge is 0.410 e. The van der Waals surface area contributed by atoms with E-state index in [1.54, 1.807) is 19.2 Å². The van der Waals surface area contributed by atoms with Gasteiger partial charge in [-0.1, -0.05) is 29.3 Å². The van der Waals surface area contributed by atoms with E-state index in [9.17, 15) is 10.1 Å². The first-order valence-corrected chi connectivity index (χ1v) is 17.2. The maximum absolute atomic E-state index is 12.4. The second-order valence-electron chi connectivity index (χ2n) is 13.9. The molecule has 2 aromatic carbocycles. The number of hydrogen-bond donors (Lipinski definition) is 1. The SMILES string of the molecule is COc1cc(Nc2c(C#N)cnc3cc(/C=C/c4cccc(CN5CCC6(CC5)CN(C(=O)OC(C)(C)C)C6)n4)c(OC)cc23)c(Cl)cc1Cl. The molecule has 6 rings (SSSR count). The first kappa shape index (κ1) is 35.3. The van der Waals surface area contributed by atoms with Crippen molar-refractivity contribution < 1.29 is 19.0 Å². The van der Waals surface area contributed by atoms with Gasteiger partial charge in [0, 0.05) is 48.3 Å². The molecule has 1 amide bonds. The number of methoxy groups -OCH3 is 2. The highest BCUT2D eigenvalue weighted by atomic mass is 35.5. The Balaban J connectivity index is 1.14. The van der Waals surface area contributed by atoms with E-state index in [0.29, 0.717) is 49.4 Å². The lowest BCUT2D eigenvalue weighted by Gasteiger charge is -2.53. The Morgan fingerprint density at radius 2 is 1.78 bits per heavy atom. The van der Waals surface area contributed by atoms with Gasteiger partial charge in [0.2, 0.25) is 0 Å². The van der Waals surface area contributed by atoms with Gasteiger partial charge in [0.05, 0.1) is 58.1 Å². The third kappa shape index (κ3) is 7.76. The number of ether oxygens (including phenoxy) is 3. The van der Waals surface area contributed by atoms with Crippen molar-refractivity contribution in [1.82, 2.24) is 19.8 Å². The van der Waals surface area contributed by atoms with Gasteiger partial charge < -0.3 is 24.4 Å². The minimum atomic E-state index is -0.478. The van der Waals surface area contributed by atoms with Gasteiger partial charge in [-0.15, -0.1) is 0 Å². The van der Waals surface area contributed by atoms with E-state index in [1.807, 2.05) is 62.1 Å². The van der Waals surface area contributed by atoms with Crippen LogP contribution in [0.4, 0.5) is 16.2 Å². The fraction of sp³-hybridized carbons (Fsp3) is 0.368. The molecule has 4 heterocycles. The van der Waals surface area contributed by atoms with Gasteiger partial charge in [-0.25, -0.2) is 4.79 Å². The van der Waals surface area contributed by atoms with Crippen molar-refractivity contribution in [3.8, 4) is 17.6 Å². The highest BCUT2D eigenvalue weighted by molar-refractivity contribution is 6.37. The van der Waals surface area contributed by atoms with Crippen molar-refractivity contribution in [3.05, 3.63) is 81.2 Å². The maximum atomic E-state index is 12.4. The van der Waals surface area contributed by atoms with Gasteiger partial charge in [-0.05, 0) is 89.2 Å². The molecule has 2 saturated heterocycles. The van der Waals surface area contributed by atoms with E-state index < -0.39 is 5.60 Å². The molecule has 0 saturated carbocycles. The number of carbonyl (C=O) groups excluding carboxylic acids is 1. The Bertz CT molecular complexity index is 1990. The molecular formula is C38H40Cl2N6O4. The average Bonchev–Trinajstić information content (AvgIpc) is 3.07. The number of likely N-dealkylation sites (tertiary alicyclic amines) is 2. The van der Waals surface area contributed by atoms with Crippen molar-refractivity contribution in [2.45, 2.75) is 45.8 Å². The Labute approximate surface area is 302 Å². The van der Waals surface area contributed by atoms with Crippen molar-refractivity contribution in [1.29, 1.82) is 5.26 Å². The summed E-state index contributed by atoms with van der Waals surface area (Å²) in [7, 11) is 3.13. The number of rotatable bonds is 8. The number of benzene rings is 2. The van der Waals surface area contributed by atoms with Crippen LogP contribution >= 0.6 is 23.2 Å². The van der Waals surface area contributed by atoms with Crippen molar-refractivity contribution in [2.24, 2.45) is 5.41 Å². The van der Waals surface area contributed by atoms with Crippen LogP contribution in [0.25, 0.3) is 23.1 Å². The lowest BCUT2D eigenvalue weighted by Crippen LogP contribution is -2.62. The fourth-order valence-corrected chi connectivity index (χ4v) is 6.99. The number of fused-ring (bicyclic) bond motifs is 1. The fourth-order valence-electron chi connectivity index (χ4n) is 6.48. The Hall–Kier alpha value is -4.56. The first-order chi connectivity index (χ1) is 23.9. The molecular weight excluding hydrogens is 675 g/mol. The molecule has 1 N–H and O–H groups in total. The van der Waals surface area contributed by atoms with Crippen LogP contribution in [0, 0.1) is 16.7 Å². The van der Waals surface area contributed by atoms with E-state index in [2.05, 4.69) is 27.3 Å². The molecule has 2 aliphatic rings. The molecule has 12 heteroatoms. The summed E-state index contributed by atoms with van der Waals surface area (Å²) >= 11 is 12.7. The van der Waals surface area contributed by atoms with Crippen LogP contribution in [0.5, 0.6) is 11.5 Å². The molecule has 0 unspecified atom stereocenters. The number of pyridine rings is 2. The number of nitrogens with zero attached hydrogens (tertiary/aromatic N) is 5. The van der Waals surface area contributed by atoms with Gasteiger partial charge in [0.15, 0.2) is 0 Å². The van der Waals surface area contributed by atoms with Crippen molar-refractivity contribution in [3.63, 3.8) is 0 Å². The number of piperidine rings is 1. The van der Waals surface area contributed by atoms with Gasteiger partial charge in [0.1, 0.15) is 23.2 Å². The zero-order valence-electron chi connectivity index (χ0n) is 28.8. The Kier molecular flexibility index (Phi) is 10.1. The molecule has 2 aromatic heterocycles. The maximum Gasteiger partial charge on any atom is 0.410 e. The van der Waals surface area contributed by atoms with Crippen LogP contribution in [0.15, 0.2) is 48.7 Å². The summed E-state index contributed by atoms with van der Waals surface area (Å²) in [5.74, 6) is 1.05. The number of nitrogens with one attached hydrogen (secondary N) is 1. The summed E-state index contributed by atoms with van der Waals surface area (Å²) in [5, 5.41) is 14.6. The zero-order valence-corrected chi connectivity index (χ0v) is 30.4. The summed E-state index contributed by atoms with van der Waals surface area (Å²) in [6.45, 7) is 9.93. The van der Waals surface area contributed by atoms with Gasteiger partial charge in [0.25, 0.3) is 0 Å². The average molecular weight is 716 g/mol. The molecule has 1 spiro atoms. The summed E-state index contributed by atoms with van der Waals surface area (Å²) in [4.78, 5) is 26.2. The molecule has 2 fully saturated rings. The third-order valence-corrected chi connectivity index (χ3v) is 9.72. The van der Waals surface area contributed by atoms with E-state index in [4.69, 9.17) is 42.4 Å². The van der Waals surface area contributed by atoms with Crippen LogP contribution in [0.1, 0.15) is 56.1 Å². The minimum absolute atomic E-state index is 0.197. The van der Waals surface area contributed by atoms with Crippen LogP contribution in [0.2, 0.25) is 10.0 Å². The second-order valence-corrected chi connectivity index (χ2v) is 14.7. The van der Waals surface area contributed by atoms with Crippen LogP contribution < -0.4 is 14.8 Å². The number of hydrogen-bond acceptors (Lipinski definition) is 9. The number of aromatic nitrogens is 2. The second kappa shape index (κ2) is 14.4. The van der Waals surface area contributed by atoms with E-state index >= 15 is 0 Å². The summed E-state index contributed by atoms with van der Waals surface area (Å²) in [5.41, 5.74) is 4.42. The van der Waals surface area contributed by atoms with Gasteiger partial charge >= 0.3 is 6.09 Å². The number of anilines is 2. The monoisotopic (exact) mass is 714 g/mol. The van der Waals surface area contributed by atoms with E-state index in [1.165, 1.54) is 13.3 Å². The molecule has 0 atom stereocenters. The molecule has 4 aromatic rings.